The first kappa shape index (κ1) is 19.9. The zero-order valence-electron chi connectivity index (χ0n) is 14.1. The highest BCUT2D eigenvalue weighted by atomic mass is 35.5. The zero-order valence-corrected chi connectivity index (χ0v) is 15.6. The molecule has 136 valence electrons. The largest absolute Gasteiger partial charge is 0.326 e. The number of halogens is 1. The lowest BCUT2D eigenvalue weighted by Gasteiger charge is -2.18. The predicted octanol–water partition coefficient (Wildman–Crippen LogP) is 3.03. The van der Waals surface area contributed by atoms with Crippen LogP contribution >= 0.6 is 11.6 Å². The van der Waals surface area contributed by atoms with E-state index in [0.29, 0.717) is 22.7 Å². The number of nitrogens with zero attached hydrogens (tertiary/aromatic N) is 1. The second-order valence-electron chi connectivity index (χ2n) is 5.78. The van der Waals surface area contributed by atoms with Crippen LogP contribution < -0.4 is 10.0 Å². The molecule has 0 aliphatic heterocycles. The maximum absolute atomic E-state index is 12.3. The number of carbonyl (C=O) groups is 1. The number of nitriles is 1. The Labute approximate surface area is 157 Å². The van der Waals surface area contributed by atoms with Gasteiger partial charge in [0, 0.05) is 17.1 Å². The van der Waals surface area contributed by atoms with E-state index >= 15 is 0 Å². The molecule has 0 radical (unpaired) electrons. The Kier molecular flexibility index (Phi) is 6.75. The molecule has 2 aromatic rings. The van der Waals surface area contributed by atoms with Gasteiger partial charge in [-0.3, -0.25) is 4.79 Å². The Morgan fingerprint density at radius 1 is 1.15 bits per heavy atom. The molecule has 1 atom stereocenters. The number of nitrogens with one attached hydrogen (secondary N) is 2. The van der Waals surface area contributed by atoms with Crippen molar-refractivity contribution in [3.8, 4) is 6.07 Å². The fraction of sp³-hybridized carbons (Fsp3) is 0.222. The van der Waals surface area contributed by atoms with Crippen molar-refractivity contribution in [3.63, 3.8) is 0 Å². The van der Waals surface area contributed by atoms with Crippen LogP contribution in [0.4, 0.5) is 5.69 Å². The lowest BCUT2D eigenvalue weighted by atomic mass is 10.0. The second kappa shape index (κ2) is 8.81. The Balaban J connectivity index is 2.10. The third kappa shape index (κ3) is 6.48. The third-order valence-corrected chi connectivity index (χ3v) is 4.50. The molecule has 0 bridgehead atoms. The minimum absolute atomic E-state index is 0.0748. The second-order valence-corrected chi connectivity index (χ2v) is 7.99. The number of amides is 1. The van der Waals surface area contributed by atoms with Crippen LogP contribution in [0.3, 0.4) is 0 Å². The van der Waals surface area contributed by atoms with Crippen molar-refractivity contribution in [1.82, 2.24) is 4.72 Å². The normalized spacial score (nSPS) is 12.2. The maximum atomic E-state index is 12.3. The summed E-state index contributed by atoms with van der Waals surface area (Å²) in [4.78, 5) is 12.3. The summed E-state index contributed by atoms with van der Waals surface area (Å²) in [5.41, 5.74) is 2.06. The number of hydrogen-bond acceptors (Lipinski definition) is 4. The third-order valence-electron chi connectivity index (χ3n) is 3.54. The Hall–Kier alpha value is -2.40. The van der Waals surface area contributed by atoms with Crippen molar-refractivity contribution in [2.75, 3.05) is 11.6 Å². The van der Waals surface area contributed by atoms with Crippen LogP contribution in [0.25, 0.3) is 0 Å². The van der Waals surface area contributed by atoms with Gasteiger partial charge in [0.05, 0.1) is 24.8 Å². The number of sulfonamides is 1. The highest BCUT2D eigenvalue weighted by molar-refractivity contribution is 7.88. The molecule has 0 aromatic heterocycles. The van der Waals surface area contributed by atoms with E-state index in [1.54, 1.807) is 48.5 Å². The van der Waals surface area contributed by atoms with Crippen LogP contribution in [0.5, 0.6) is 0 Å². The highest BCUT2D eigenvalue weighted by Gasteiger charge is 2.20. The number of benzene rings is 2. The number of anilines is 1. The molecular formula is C18H18ClN3O3S. The van der Waals surface area contributed by atoms with Crippen molar-refractivity contribution in [1.29, 1.82) is 5.26 Å². The van der Waals surface area contributed by atoms with Gasteiger partial charge in [0.15, 0.2) is 0 Å². The van der Waals surface area contributed by atoms with Gasteiger partial charge in [-0.25, -0.2) is 13.1 Å². The van der Waals surface area contributed by atoms with Crippen LogP contribution in [-0.4, -0.2) is 20.6 Å². The summed E-state index contributed by atoms with van der Waals surface area (Å²) in [6, 6.07) is 14.9. The Morgan fingerprint density at radius 3 is 2.31 bits per heavy atom. The summed E-state index contributed by atoms with van der Waals surface area (Å²) >= 11 is 5.86. The number of hydrogen-bond donors (Lipinski definition) is 2. The van der Waals surface area contributed by atoms with Crippen LogP contribution in [0.1, 0.15) is 23.6 Å². The van der Waals surface area contributed by atoms with E-state index < -0.39 is 16.1 Å². The monoisotopic (exact) mass is 391 g/mol. The van der Waals surface area contributed by atoms with Crippen LogP contribution in [0.15, 0.2) is 48.5 Å². The van der Waals surface area contributed by atoms with E-state index in [2.05, 4.69) is 16.1 Å². The Bertz CT molecular complexity index is 904. The summed E-state index contributed by atoms with van der Waals surface area (Å²) in [7, 11) is -3.51. The van der Waals surface area contributed by atoms with Gasteiger partial charge in [0.25, 0.3) is 0 Å². The molecule has 2 N–H and O–H groups in total. The minimum atomic E-state index is -3.51. The van der Waals surface area contributed by atoms with Gasteiger partial charge >= 0.3 is 0 Å². The van der Waals surface area contributed by atoms with E-state index in [1.165, 1.54) is 0 Å². The first-order valence-corrected chi connectivity index (χ1v) is 10.0. The molecule has 8 heteroatoms. The van der Waals surface area contributed by atoms with E-state index in [1.807, 2.05) is 0 Å². The van der Waals surface area contributed by atoms with Crippen molar-refractivity contribution in [2.24, 2.45) is 0 Å². The van der Waals surface area contributed by atoms with E-state index in [-0.39, 0.29) is 12.3 Å². The molecule has 0 aliphatic carbocycles. The van der Waals surface area contributed by atoms with Crippen LogP contribution in [0, 0.1) is 11.3 Å². The van der Waals surface area contributed by atoms with E-state index in [4.69, 9.17) is 16.9 Å². The van der Waals surface area contributed by atoms with E-state index in [9.17, 15) is 13.2 Å². The van der Waals surface area contributed by atoms with Gasteiger partial charge in [0.2, 0.25) is 15.9 Å². The summed E-state index contributed by atoms with van der Waals surface area (Å²) < 4.78 is 25.7. The maximum Gasteiger partial charge on any atom is 0.226 e. The molecule has 0 saturated carbocycles. The average Bonchev–Trinajstić information content (AvgIpc) is 2.56. The van der Waals surface area contributed by atoms with Gasteiger partial charge in [0.1, 0.15) is 0 Å². The molecule has 26 heavy (non-hydrogen) atoms. The van der Waals surface area contributed by atoms with Crippen molar-refractivity contribution < 1.29 is 13.2 Å². The van der Waals surface area contributed by atoms with Crippen LogP contribution in [0.2, 0.25) is 5.02 Å². The minimum Gasteiger partial charge on any atom is -0.326 e. The molecular weight excluding hydrogens is 374 g/mol. The van der Waals surface area contributed by atoms with Gasteiger partial charge in [-0.1, -0.05) is 35.9 Å². The van der Waals surface area contributed by atoms with Gasteiger partial charge in [-0.05, 0) is 35.4 Å². The summed E-state index contributed by atoms with van der Waals surface area (Å²) in [5, 5.41) is 11.9. The van der Waals surface area contributed by atoms with E-state index in [0.717, 1.165) is 11.8 Å². The van der Waals surface area contributed by atoms with Crippen LogP contribution in [-0.2, 0) is 21.2 Å². The molecule has 0 aliphatic rings. The summed E-state index contributed by atoms with van der Waals surface area (Å²) in [6.45, 7) is 0. The van der Waals surface area contributed by atoms with Gasteiger partial charge in [-0.2, -0.15) is 5.26 Å². The topological polar surface area (TPSA) is 99.1 Å². The van der Waals surface area contributed by atoms with Gasteiger partial charge in [-0.15, -0.1) is 0 Å². The molecule has 1 unspecified atom stereocenters. The lowest BCUT2D eigenvalue weighted by molar-refractivity contribution is -0.116. The summed E-state index contributed by atoms with van der Waals surface area (Å²) in [5.74, 6) is -0.339. The average molecular weight is 392 g/mol. The first-order chi connectivity index (χ1) is 12.3. The van der Waals surface area contributed by atoms with Crippen molar-refractivity contribution >= 4 is 33.2 Å². The lowest BCUT2D eigenvalue weighted by Crippen LogP contribution is -2.30. The molecule has 2 rings (SSSR count). The molecule has 1 amide bonds. The molecule has 6 nitrogen and oxygen atoms in total. The fourth-order valence-electron chi connectivity index (χ4n) is 2.38. The highest BCUT2D eigenvalue weighted by Crippen LogP contribution is 2.21. The molecule has 0 saturated heterocycles. The molecule has 2 aromatic carbocycles. The Morgan fingerprint density at radius 2 is 1.77 bits per heavy atom. The van der Waals surface area contributed by atoms with Gasteiger partial charge < -0.3 is 5.32 Å². The predicted molar refractivity (Wildman–Crippen MR) is 101 cm³/mol. The molecule has 0 heterocycles. The molecule has 0 fully saturated rings. The molecule has 0 spiro atoms. The fourth-order valence-corrected chi connectivity index (χ4v) is 3.24. The summed E-state index contributed by atoms with van der Waals surface area (Å²) in [6.07, 6.45) is 1.27. The number of rotatable bonds is 7. The van der Waals surface area contributed by atoms with Crippen molar-refractivity contribution in [3.05, 3.63) is 64.7 Å². The quantitative estimate of drug-likeness (QED) is 0.757. The SMILES string of the molecule is CS(=O)(=O)NC(CC(=O)Nc1ccc(CC#N)cc1)c1ccc(Cl)cc1. The smallest absolute Gasteiger partial charge is 0.226 e. The standard InChI is InChI=1S/C18H18ClN3O3S/c1-26(24,25)22-17(14-4-6-15(19)7-5-14)12-18(23)21-16-8-2-13(3-9-16)10-11-20/h2-9,17,22H,10,12H2,1H3,(H,21,23). The number of carbonyl (C=O) groups excluding carboxylic acids is 1. The zero-order chi connectivity index (χ0) is 19.2. The van der Waals surface area contributed by atoms with Crippen molar-refractivity contribution in [2.45, 2.75) is 18.9 Å². The first-order valence-electron chi connectivity index (χ1n) is 7.75.